The molecule has 3 nitrogen and oxygen atoms in total. The molecule has 0 aromatic heterocycles. The Morgan fingerprint density at radius 2 is 1.50 bits per heavy atom. The Morgan fingerprint density at radius 3 is 1.86 bits per heavy atom. The van der Waals surface area contributed by atoms with Crippen LogP contribution in [0.25, 0.3) is 0 Å². The summed E-state index contributed by atoms with van der Waals surface area (Å²) in [4.78, 5) is 10.7. The van der Waals surface area contributed by atoms with Crippen molar-refractivity contribution in [3.63, 3.8) is 0 Å². The van der Waals surface area contributed by atoms with E-state index < -0.39 is 5.60 Å². The summed E-state index contributed by atoms with van der Waals surface area (Å²) in [6.07, 6.45) is 1.07. The molecule has 0 aliphatic heterocycles. The third kappa shape index (κ3) is 6.35. The van der Waals surface area contributed by atoms with Gasteiger partial charge < -0.3 is 5.11 Å². The van der Waals surface area contributed by atoms with Crippen molar-refractivity contribution < 1.29 is 14.9 Å². The van der Waals surface area contributed by atoms with E-state index in [1.165, 1.54) is 0 Å². The zero-order chi connectivity index (χ0) is 11.4. The van der Waals surface area contributed by atoms with Crippen molar-refractivity contribution in [2.24, 2.45) is 0 Å². The molecular formula is C11H24O3. The fourth-order valence-corrected chi connectivity index (χ4v) is 1.03. The van der Waals surface area contributed by atoms with E-state index in [0.717, 1.165) is 6.42 Å². The zero-order valence-electron chi connectivity index (χ0n) is 10.3. The Bertz CT molecular complexity index is 162. The van der Waals surface area contributed by atoms with Gasteiger partial charge in [0.05, 0.1) is 11.7 Å². The van der Waals surface area contributed by atoms with Crippen molar-refractivity contribution in [2.75, 3.05) is 0 Å². The average Bonchev–Trinajstić information content (AvgIpc) is 1.99. The molecule has 0 bridgehead atoms. The van der Waals surface area contributed by atoms with Crippen LogP contribution in [-0.4, -0.2) is 22.4 Å². The Kier molecular flexibility index (Phi) is 5.06. The van der Waals surface area contributed by atoms with Crippen LogP contribution in [0.15, 0.2) is 0 Å². The maximum absolute atomic E-state index is 9.24. The van der Waals surface area contributed by atoms with Gasteiger partial charge in [-0.2, -0.15) is 0 Å². The van der Waals surface area contributed by atoms with Crippen LogP contribution >= 0.6 is 0 Å². The summed E-state index contributed by atoms with van der Waals surface area (Å²) in [5, 5.41) is 9.24. The summed E-state index contributed by atoms with van der Waals surface area (Å²) in [7, 11) is 0. The molecular weight excluding hydrogens is 180 g/mol. The number of rotatable bonds is 6. The first kappa shape index (κ1) is 13.9. The first-order valence-corrected chi connectivity index (χ1v) is 5.23. The topological polar surface area (TPSA) is 38.7 Å². The first-order valence-electron chi connectivity index (χ1n) is 5.23. The van der Waals surface area contributed by atoms with Gasteiger partial charge in [-0.3, -0.25) is 0 Å². The van der Waals surface area contributed by atoms with Crippen molar-refractivity contribution in [1.29, 1.82) is 0 Å². The van der Waals surface area contributed by atoms with Crippen molar-refractivity contribution in [1.82, 2.24) is 0 Å². The number of hydrogen-bond donors (Lipinski definition) is 1. The van der Waals surface area contributed by atoms with Crippen LogP contribution in [0.1, 0.15) is 54.4 Å². The number of aliphatic hydroxyl groups is 1. The fourth-order valence-electron chi connectivity index (χ4n) is 1.03. The minimum absolute atomic E-state index is 0.268. The van der Waals surface area contributed by atoms with Crippen molar-refractivity contribution in [3.05, 3.63) is 0 Å². The summed E-state index contributed by atoms with van der Waals surface area (Å²) < 4.78 is 0. The van der Waals surface area contributed by atoms with Crippen LogP contribution in [0.2, 0.25) is 0 Å². The SMILES string of the molecule is CCC(C)(C)OOC(C)(C)CC(C)O. The Morgan fingerprint density at radius 1 is 1.07 bits per heavy atom. The van der Waals surface area contributed by atoms with E-state index in [1.54, 1.807) is 6.92 Å². The molecule has 0 aromatic rings. The second-order valence-corrected chi connectivity index (χ2v) is 5.09. The lowest BCUT2D eigenvalue weighted by atomic mass is 10.0. The van der Waals surface area contributed by atoms with Gasteiger partial charge in [0.2, 0.25) is 0 Å². The van der Waals surface area contributed by atoms with E-state index in [9.17, 15) is 5.11 Å². The van der Waals surface area contributed by atoms with E-state index in [0.29, 0.717) is 6.42 Å². The molecule has 1 unspecified atom stereocenters. The number of aliphatic hydroxyl groups excluding tert-OH is 1. The largest absolute Gasteiger partial charge is 0.393 e. The molecule has 0 aliphatic rings. The Hall–Kier alpha value is -0.120. The summed E-state index contributed by atoms with van der Waals surface area (Å²) in [6.45, 7) is 11.6. The highest BCUT2D eigenvalue weighted by Gasteiger charge is 2.26. The molecule has 1 N–H and O–H groups in total. The maximum Gasteiger partial charge on any atom is 0.100 e. The molecule has 0 amide bonds. The number of hydrogen-bond acceptors (Lipinski definition) is 3. The highest BCUT2D eigenvalue weighted by atomic mass is 17.2. The third-order valence-corrected chi connectivity index (χ3v) is 2.13. The maximum atomic E-state index is 9.24. The summed E-state index contributed by atoms with van der Waals surface area (Å²) >= 11 is 0. The Labute approximate surface area is 87.3 Å². The molecule has 0 rings (SSSR count). The predicted octanol–water partition coefficient (Wildman–Crippen LogP) is 2.67. The molecule has 86 valence electrons. The molecule has 14 heavy (non-hydrogen) atoms. The van der Waals surface area contributed by atoms with Crippen LogP contribution in [0.3, 0.4) is 0 Å². The van der Waals surface area contributed by atoms with E-state index in [-0.39, 0.29) is 11.7 Å². The molecule has 0 saturated carbocycles. The molecule has 0 fully saturated rings. The van der Waals surface area contributed by atoms with Gasteiger partial charge in [0.15, 0.2) is 0 Å². The van der Waals surface area contributed by atoms with Crippen LogP contribution in [0, 0.1) is 0 Å². The third-order valence-electron chi connectivity index (χ3n) is 2.13. The lowest BCUT2D eigenvalue weighted by molar-refractivity contribution is -0.403. The molecule has 0 saturated heterocycles. The monoisotopic (exact) mass is 204 g/mol. The molecule has 1 atom stereocenters. The van der Waals surface area contributed by atoms with Gasteiger partial charge in [-0.25, -0.2) is 9.78 Å². The van der Waals surface area contributed by atoms with E-state index in [1.807, 2.05) is 34.6 Å². The van der Waals surface area contributed by atoms with E-state index >= 15 is 0 Å². The molecule has 3 heteroatoms. The normalized spacial score (nSPS) is 15.6. The van der Waals surface area contributed by atoms with Gasteiger partial charge in [0, 0.05) is 6.42 Å². The van der Waals surface area contributed by atoms with Gasteiger partial charge in [-0.1, -0.05) is 6.92 Å². The van der Waals surface area contributed by atoms with Crippen LogP contribution < -0.4 is 0 Å². The van der Waals surface area contributed by atoms with Crippen molar-refractivity contribution >= 4 is 0 Å². The summed E-state index contributed by atoms with van der Waals surface area (Å²) in [6, 6.07) is 0. The molecule has 0 aliphatic carbocycles. The van der Waals surface area contributed by atoms with Crippen LogP contribution in [0.4, 0.5) is 0 Å². The molecule has 0 radical (unpaired) electrons. The average molecular weight is 204 g/mol. The van der Waals surface area contributed by atoms with Gasteiger partial charge in [0.1, 0.15) is 5.60 Å². The first-order chi connectivity index (χ1) is 6.18. The van der Waals surface area contributed by atoms with E-state index in [2.05, 4.69) is 0 Å². The minimum Gasteiger partial charge on any atom is -0.393 e. The van der Waals surface area contributed by atoms with Gasteiger partial charge in [-0.15, -0.1) is 0 Å². The zero-order valence-corrected chi connectivity index (χ0v) is 10.3. The van der Waals surface area contributed by atoms with Crippen molar-refractivity contribution in [2.45, 2.75) is 71.7 Å². The highest BCUT2D eigenvalue weighted by Crippen LogP contribution is 2.22. The lowest BCUT2D eigenvalue weighted by Gasteiger charge is -2.30. The minimum atomic E-state index is -0.444. The van der Waals surface area contributed by atoms with Crippen LogP contribution in [0.5, 0.6) is 0 Å². The van der Waals surface area contributed by atoms with Gasteiger partial charge in [0.25, 0.3) is 0 Å². The quantitative estimate of drug-likeness (QED) is 0.534. The second-order valence-electron chi connectivity index (χ2n) is 5.09. The smallest absolute Gasteiger partial charge is 0.100 e. The van der Waals surface area contributed by atoms with Gasteiger partial charge >= 0.3 is 0 Å². The molecule has 0 spiro atoms. The second kappa shape index (κ2) is 5.10. The predicted molar refractivity (Wildman–Crippen MR) is 56.9 cm³/mol. The lowest BCUT2D eigenvalue weighted by Crippen LogP contribution is -2.34. The summed E-state index contributed by atoms with van der Waals surface area (Å²) in [5.41, 5.74) is -0.712. The summed E-state index contributed by atoms with van der Waals surface area (Å²) in [5.74, 6) is 0. The van der Waals surface area contributed by atoms with Crippen LogP contribution in [-0.2, 0) is 9.78 Å². The molecule has 0 heterocycles. The Balaban J connectivity index is 3.98. The highest BCUT2D eigenvalue weighted by molar-refractivity contribution is 4.70. The van der Waals surface area contributed by atoms with Crippen molar-refractivity contribution in [3.8, 4) is 0 Å². The van der Waals surface area contributed by atoms with E-state index in [4.69, 9.17) is 9.78 Å². The standard InChI is InChI=1S/C11H24O3/c1-7-10(3,4)13-14-11(5,6)8-9(2)12/h9,12H,7-8H2,1-6H3. The fraction of sp³-hybridized carbons (Fsp3) is 1.00. The van der Waals surface area contributed by atoms with Gasteiger partial charge in [-0.05, 0) is 41.0 Å². The molecule has 0 aromatic carbocycles.